The maximum absolute atomic E-state index is 11.3. The highest BCUT2D eigenvalue weighted by molar-refractivity contribution is 7.13. The van der Waals surface area contributed by atoms with Crippen LogP contribution in [0, 0.1) is 6.92 Å². The molecule has 1 heterocycles. The highest BCUT2D eigenvalue weighted by Gasteiger charge is 2.14. The lowest BCUT2D eigenvalue weighted by Gasteiger charge is -2.03. The summed E-state index contributed by atoms with van der Waals surface area (Å²) in [6, 6.07) is 0. The largest absolute Gasteiger partial charge is 0.477 e. The van der Waals surface area contributed by atoms with Gasteiger partial charge >= 0.3 is 5.97 Å². The first kappa shape index (κ1) is 14.6. The van der Waals surface area contributed by atoms with E-state index < -0.39 is 5.97 Å². The van der Waals surface area contributed by atoms with Gasteiger partial charge in [0.25, 0.3) is 0 Å². The van der Waals surface area contributed by atoms with Crippen molar-refractivity contribution in [2.45, 2.75) is 26.8 Å². The van der Waals surface area contributed by atoms with Crippen LogP contribution in [0.4, 0.5) is 0 Å². The number of nitrogens with zero attached hydrogens (tertiary/aromatic N) is 1. The number of aromatic nitrogens is 1. The molecule has 1 amide bonds. The van der Waals surface area contributed by atoms with E-state index in [4.69, 9.17) is 9.84 Å². The third-order valence-electron chi connectivity index (χ3n) is 2.05. The number of thiazole rings is 1. The molecule has 0 aliphatic rings. The molecular weight excluding hydrogens is 256 g/mol. The maximum Gasteiger partial charge on any atom is 0.347 e. The lowest BCUT2D eigenvalue weighted by atomic mass is 10.4. The third-order valence-corrected chi connectivity index (χ3v) is 3.20. The average molecular weight is 272 g/mol. The first-order valence-corrected chi connectivity index (χ1v) is 6.40. The molecule has 1 aromatic heterocycles. The van der Waals surface area contributed by atoms with Crippen LogP contribution in [0.2, 0.25) is 0 Å². The van der Waals surface area contributed by atoms with Crippen LogP contribution in [0.25, 0.3) is 0 Å². The van der Waals surface area contributed by atoms with Crippen molar-refractivity contribution in [2.75, 3.05) is 13.2 Å². The van der Waals surface area contributed by atoms with Crippen LogP contribution in [-0.4, -0.2) is 35.2 Å². The first-order chi connectivity index (χ1) is 8.54. The van der Waals surface area contributed by atoms with Crippen molar-refractivity contribution in [1.82, 2.24) is 10.3 Å². The van der Waals surface area contributed by atoms with Gasteiger partial charge < -0.3 is 15.2 Å². The predicted molar refractivity (Wildman–Crippen MR) is 66.8 cm³/mol. The Hall–Kier alpha value is -1.47. The van der Waals surface area contributed by atoms with Gasteiger partial charge in [0.2, 0.25) is 5.91 Å². The minimum Gasteiger partial charge on any atom is -0.477 e. The highest BCUT2D eigenvalue weighted by Crippen LogP contribution is 2.17. The minimum atomic E-state index is -0.992. The molecular formula is C11H16N2O4S. The second-order valence-corrected chi connectivity index (χ2v) is 4.74. The van der Waals surface area contributed by atoms with Gasteiger partial charge in [-0.05, 0) is 13.3 Å². The van der Waals surface area contributed by atoms with Crippen LogP contribution in [0.15, 0.2) is 0 Å². The first-order valence-electron chi connectivity index (χ1n) is 5.58. The zero-order valence-corrected chi connectivity index (χ0v) is 11.2. The number of carboxylic acids is 1. The maximum atomic E-state index is 11.3. The summed E-state index contributed by atoms with van der Waals surface area (Å²) in [7, 11) is 0. The van der Waals surface area contributed by atoms with Gasteiger partial charge in [0.15, 0.2) is 0 Å². The van der Waals surface area contributed by atoms with Gasteiger partial charge in [-0.25, -0.2) is 9.78 Å². The van der Waals surface area contributed by atoms with Gasteiger partial charge in [-0.1, -0.05) is 6.92 Å². The Kier molecular flexibility index (Phi) is 5.73. The zero-order valence-electron chi connectivity index (χ0n) is 10.4. The van der Waals surface area contributed by atoms with E-state index in [1.807, 2.05) is 6.92 Å². The van der Waals surface area contributed by atoms with Crippen LogP contribution < -0.4 is 5.32 Å². The van der Waals surface area contributed by atoms with Crippen molar-refractivity contribution >= 4 is 23.2 Å². The number of hydrogen-bond donors (Lipinski definition) is 2. The van der Waals surface area contributed by atoms with E-state index in [9.17, 15) is 9.59 Å². The second kappa shape index (κ2) is 7.07. The van der Waals surface area contributed by atoms with Crippen molar-refractivity contribution < 1.29 is 19.4 Å². The summed E-state index contributed by atoms with van der Waals surface area (Å²) in [5.41, 5.74) is 0.471. The number of carbonyl (C=O) groups excluding carboxylic acids is 1. The summed E-state index contributed by atoms with van der Waals surface area (Å²) >= 11 is 1.07. The molecule has 1 aromatic rings. The molecule has 6 nitrogen and oxygen atoms in total. The molecule has 100 valence electrons. The fourth-order valence-corrected chi connectivity index (χ4v) is 2.10. The Labute approximate surface area is 109 Å². The molecule has 0 radical (unpaired) electrons. The van der Waals surface area contributed by atoms with E-state index in [1.54, 1.807) is 6.92 Å². The van der Waals surface area contributed by atoms with Crippen LogP contribution in [-0.2, 0) is 16.1 Å². The molecule has 0 aromatic carbocycles. The second-order valence-electron chi connectivity index (χ2n) is 3.66. The van der Waals surface area contributed by atoms with E-state index in [2.05, 4.69) is 10.3 Å². The minimum absolute atomic E-state index is 0.0178. The number of aryl methyl sites for hydroxylation is 1. The lowest BCUT2D eigenvalue weighted by molar-refractivity contribution is -0.125. The van der Waals surface area contributed by atoms with Gasteiger partial charge in [0.05, 0.1) is 12.2 Å². The van der Waals surface area contributed by atoms with Gasteiger partial charge in [0, 0.05) is 6.61 Å². The summed E-state index contributed by atoms with van der Waals surface area (Å²) in [5, 5.41) is 12.1. The molecule has 0 spiro atoms. The average Bonchev–Trinajstić information content (AvgIpc) is 2.68. The lowest BCUT2D eigenvalue weighted by Crippen LogP contribution is -2.27. The molecule has 0 saturated heterocycles. The molecule has 0 saturated carbocycles. The van der Waals surface area contributed by atoms with E-state index in [-0.39, 0.29) is 23.9 Å². The van der Waals surface area contributed by atoms with E-state index in [1.165, 1.54) is 0 Å². The molecule has 0 bridgehead atoms. The fraction of sp³-hybridized carbons (Fsp3) is 0.545. The molecule has 0 aliphatic heterocycles. The van der Waals surface area contributed by atoms with Crippen LogP contribution in [0.1, 0.15) is 33.7 Å². The van der Waals surface area contributed by atoms with Gasteiger partial charge in [-0.2, -0.15) is 0 Å². The molecule has 7 heteroatoms. The van der Waals surface area contributed by atoms with Crippen molar-refractivity contribution in [2.24, 2.45) is 0 Å². The molecule has 0 unspecified atom stereocenters. The highest BCUT2D eigenvalue weighted by atomic mass is 32.1. The number of nitrogens with one attached hydrogen (secondary N) is 1. The number of aromatic carboxylic acids is 1. The van der Waals surface area contributed by atoms with Gasteiger partial charge in [-0.15, -0.1) is 11.3 Å². The van der Waals surface area contributed by atoms with Crippen LogP contribution >= 0.6 is 11.3 Å². The number of carboxylic acid groups (broad SMARTS) is 1. The molecule has 0 atom stereocenters. The Morgan fingerprint density at radius 3 is 2.78 bits per heavy atom. The number of carbonyl (C=O) groups is 2. The third kappa shape index (κ3) is 4.42. The van der Waals surface area contributed by atoms with Crippen molar-refractivity contribution in [3.05, 3.63) is 15.6 Å². The van der Waals surface area contributed by atoms with Gasteiger partial charge in [0.1, 0.15) is 16.5 Å². The zero-order chi connectivity index (χ0) is 13.5. The summed E-state index contributed by atoms with van der Waals surface area (Å²) in [6.45, 7) is 4.39. The van der Waals surface area contributed by atoms with Gasteiger partial charge in [-0.3, -0.25) is 4.79 Å². The van der Waals surface area contributed by atoms with Crippen molar-refractivity contribution in [1.29, 1.82) is 0 Å². The van der Waals surface area contributed by atoms with Crippen LogP contribution in [0.3, 0.4) is 0 Å². The molecule has 0 fully saturated rings. The number of ether oxygens (including phenoxy) is 1. The standard InChI is InChI=1S/C11H16N2O4S/c1-3-4-17-6-8(14)12-5-9-13-7(2)10(18-9)11(15)16/h3-6H2,1-2H3,(H,12,14)(H,15,16). The van der Waals surface area contributed by atoms with Crippen molar-refractivity contribution in [3.8, 4) is 0 Å². The SMILES string of the molecule is CCCOCC(=O)NCc1nc(C)c(C(=O)O)s1. The van der Waals surface area contributed by atoms with E-state index in [0.717, 1.165) is 17.8 Å². The number of hydrogen-bond acceptors (Lipinski definition) is 5. The Morgan fingerprint density at radius 1 is 1.50 bits per heavy atom. The topological polar surface area (TPSA) is 88.5 Å². The molecule has 0 aliphatic carbocycles. The fourth-order valence-electron chi connectivity index (χ4n) is 1.26. The normalized spacial score (nSPS) is 10.3. The summed E-state index contributed by atoms with van der Waals surface area (Å²) in [5.74, 6) is -1.22. The number of rotatable bonds is 7. The predicted octanol–water partition coefficient (Wildman–Crippen LogP) is 1.19. The number of amides is 1. The molecule has 18 heavy (non-hydrogen) atoms. The summed E-state index contributed by atoms with van der Waals surface area (Å²) in [6.07, 6.45) is 0.862. The van der Waals surface area contributed by atoms with Crippen LogP contribution in [0.5, 0.6) is 0 Å². The Balaban J connectivity index is 2.41. The molecule has 2 N–H and O–H groups in total. The smallest absolute Gasteiger partial charge is 0.347 e. The summed E-state index contributed by atoms with van der Waals surface area (Å²) in [4.78, 5) is 26.4. The van der Waals surface area contributed by atoms with E-state index >= 15 is 0 Å². The van der Waals surface area contributed by atoms with Crippen molar-refractivity contribution in [3.63, 3.8) is 0 Å². The summed E-state index contributed by atoms with van der Waals surface area (Å²) < 4.78 is 5.08. The Morgan fingerprint density at radius 2 is 2.22 bits per heavy atom. The van der Waals surface area contributed by atoms with E-state index in [0.29, 0.717) is 17.3 Å². The Bertz CT molecular complexity index is 431. The monoisotopic (exact) mass is 272 g/mol. The molecule has 1 rings (SSSR count). The quantitative estimate of drug-likeness (QED) is 0.728.